The molecule has 0 atom stereocenters. The summed E-state index contributed by atoms with van der Waals surface area (Å²) in [6, 6.07) is 15.3. The third-order valence-corrected chi connectivity index (χ3v) is 4.71. The Balaban J connectivity index is 1.59. The van der Waals surface area contributed by atoms with Gasteiger partial charge in [0.25, 0.3) is 0 Å². The van der Waals surface area contributed by atoms with E-state index in [9.17, 15) is 4.79 Å². The summed E-state index contributed by atoms with van der Waals surface area (Å²) in [6.07, 6.45) is 3.99. The molecule has 1 aromatic heterocycles. The molecular formula is C19H19N3O2S. The highest BCUT2D eigenvalue weighted by atomic mass is 32.2. The van der Waals surface area contributed by atoms with Crippen molar-refractivity contribution in [3.8, 4) is 5.75 Å². The van der Waals surface area contributed by atoms with Crippen molar-refractivity contribution in [1.82, 2.24) is 9.55 Å². The quantitative estimate of drug-likeness (QED) is 0.733. The number of nitrogens with one attached hydrogen (secondary N) is 1. The standard InChI is InChI=1S/C19H19N3O2S/c1-22-11-10-20-19(22)25-17-8-6-15(7-9-17)21-18(23)13-14-4-3-5-16(12-14)24-2/h3-12H,13H2,1-2H3,(H,21,23). The van der Waals surface area contributed by atoms with Gasteiger partial charge < -0.3 is 14.6 Å². The summed E-state index contributed by atoms with van der Waals surface area (Å²) < 4.78 is 7.15. The largest absolute Gasteiger partial charge is 0.497 e. The van der Waals surface area contributed by atoms with E-state index < -0.39 is 0 Å². The van der Waals surface area contributed by atoms with E-state index in [4.69, 9.17) is 4.74 Å². The zero-order valence-electron chi connectivity index (χ0n) is 14.1. The number of aryl methyl sites for hydroxylation is 1. The lowest BCUT2D eigenvalue weighted by atomic mass is 10.1. The number of methoxy groups -OCH3 is 1. The van der Waals surface area contributed by atoms with E-state index in [-0.39, 0.29) is 5.91 Å². The number of anilines is 1. The first-order chi connectivity index (χ1) is 12.1. The number of hydrogen-bond donors (Lipinski definition) is 1. The summed E-state index contributed by atoms with van der Waals surface area (Å²) >= 11 is 1.58. The highest BCUT2D eigenvalue weighted by Crippen LogP contribution is 2.26. The summed E-state index contributed by atoms with van der Waals surface area (Å²) in [7, 11) is 3.58. The van der Waals surface area contributed by atoms with Gasteiger partial charge >= 0.3 is 0 Å². The number of carbonyl (C=O) groups excluding carboxylic acids is 1. The third kappa shape index (κ3) is 4.64. The SMILES string of the molecule is COc1cccc(CC(=O)Nc2ccc(Sc3nccn3C)cc2)c1. The predicted molar refractivity (Wildman–Crippen MR) is 99.1 cm³/mol. The maximum Gasteiger partial charge on any atom is 0.228 e. The monoisotopic (exact) mass is 353 g/mol. The summed E-state index contributed by atoms with van der Waals surface area (Å²) in [5.41, 5.74) is 1.69. The molecule has 1 N–H and O–H groups in total. The maximum atomic E-state index is 12.2. The van der Waals surface area contributed by atoms with Crippen LogP contribution in [-0.2, 0) is 18.3 Å². The van der Waals surface area contributed by atoms with E-state index in [2.05, 4.69) is 10.3 Å². The van der Waals surface area contributed by atoms with Gasteiger partial charge in [0.1, 0.15) is 5.75 Å². The van der Waals surface area contributed by atoms with Crippen molar-refractivity contribution in [3.05, 3.63) is 66.5 Å². The van der Waals surface area contributed by atoms with E-state index in [1.54, 1.807) is 25.1 Å². The van der Waals surface area contributed by atoms with E-state index >= 15 is 0 Å². The third-order valence-electron chi connectivity index (χ3n) is 3.62. The van der Waals surface area contributed by atoms with Crippen LogP contribution in [0.2, 0.25) is 0 Å². The van der Waals surface area contributed by atoms with Crippen LogP contribution in [0.5, 0.6) is 5.75 Å². The Bertz CT molecular complexity index is 859. The minimum Gasteiger partial charge on any atom is -0.497 e. The second kappa shape index (κ2) is 7.90. The first-order valence-electron chi connectivity index (χ1n) is 7.82. The molecule has 128 valence electrons. The van der Waals surface area contributed by atoms with Gasteiger partial charge in [0.2, 0.25) is 5.91 Å². The van der Waals surface area contributed by atoms with Gasteiger partial charge in [-0.2, -0.15) is 0 Å². The number of ether oxygens (including phenoxy) is 1. The number of aromatic nitrogens is 2. The summed E-state index contributed by atoms with van der Waals surface area (Å²) in [5.74, 6) is 0.693. The molecule has 25 heavy (non-hydrogen) atoms. The summed E-state index contributed by atoms with van der Waals surface area (Å²) in [4.78, 5) is 17.6. The molecule has 0 aliphatic heterocycles. The van der Waals surface area contributed by atoms with Gasteiger partial charge in [0.05, 0.1) is 13.5 Å². The van der Waals surface area contributed by atoms with Gasteiger partial charge in [0, 0.05) is 30.0 Å². The minimum absolute atomic E-state index is 0.0576. The topological polar surface area (TPSA) is 56.1 Å². The van der Waals surface area contributed by atoms with Crippen molar-refractivity contribution in [2.75, 3.05) is 12.4 Å². The molecule has 3 aromatic rings. The Hall–Kier alpha value is -2.73. The van der Waals surface area contributed by atoms with Gasteiger partial charge in [-0.05, 0) is 42.0 Å². The fraction of sp³-hybridized carbons (Fsp3) is 0.158. The predicted octanol–water partition coefficient (Wildman–Crippen LogP) is 3.76. The molecule has 0 spiro atoms. The smallest absolute Gasteiger partial charge is 0.228 e. The number of imidazole rings is 1. The van der Waals surface area contributed by atoms with Crippen LogP contribution < -0.4 is 10.1 Å². The van der Waals surface area contributed by atoms with Crippen LogP contribution >= 0.6 is 11.8 Å². The van der Waals surface area contributed by atoms with Crippen molar-refractivity contribution in [2.24, 2.45) is 7.05 Å². The Morgan fingerprint density at radius 3 is 2.72 bits per heavy atom. The molecule has 0 aliphatic carbocycles. The molecule has 3 rings (SSSR count). The Kier molecular flexibility index (Phi) is 5.40. The van der Waals surface area contributed by atoms with Crippen molar-refractivity contribution in [1.29, 1.82) is 0 Å². The number of nitrogens with zero attached hydrogens (tertiary/aromatic N) is 2. The first kappa shape index (κ1) is 17.1. The van der Waals surface area contributed by atoms with Gasteiger partial charge in [-0.3, -0.25) is 4.79 Å². The first-order valence-corrected chi connectivity index (χ1v) is 8.64. The van der Waals surface area contributed by atoms with E-state index in [0.717, 1.165) is 27.1 Å². The molecule has 1 amide bonds. The number of amides is 1. The fourth-order valence-electron chi connectivity index (χ4n) is 2.33. The Labute approximate surface area is 151 Å². The maximum absolute atomic E-state index is 12.2. The number of benzene rings is 2. The van der Waals surface area contributed by atoms with Crippen LogP contribution in [0.3, 0.4) is 0 Å². The van der Waals surface area contributed by atoms with Crippen molar-refractivity contribution >= 4 is 23.4 Å². The van der Waals surface area contributed by atoms with Crippen LogP contribution in [0.4, 0.5) is 5.69 Å². The highest BCUT2D eigenvalue weighted by Gasteiger charge is 2.06. The molecule has 0 aliphatic rings. The summed E-state index contributed by atoms with van der Waals surface area (Å²) in [6.45, 7) is 0. The van der Waals surface area contributed by atoms with Crippen LogP contribution in [0.15, 0.2) is 71.0 Å². The van der Waals surface area contributed by atoms with Crippen LogP contribution in [0.25, 0.3) is 0 Å². The lowest BCUT2D eigenvalue weighted by molar-refractivity contribution is -0.115. The molecule has 0 saturated heterocycles. The Morgan fingerprint density at radius 1 is 1.24 bits per heavy atom. The van der Waals surface area contributed by atoms with Crippen molar-refractivity contribution in [2.45, 2.75) is 16.5 Å². The number of rotatable bonds is 6. The average Bonchev–Trinajstić information content (AvgIpc) is 3.01. The van der Waals surface area contributed by atoms with E-state index in [1.165, 1.54) is 0 Å². The van der Waals surface area contributed by atoms with E-state index in [0.29, 0.717) is 6.42 Å². The van der Waals surface area contributed by atoms with Crippen molar-refractivity contribution in [3.63, 3.8) is 0 Å². The normalized spacial score (nSPS) is 10.5. The molecule has 5 nitrogen and oxygen atoms in total. The molecule has 0 saturated carbocycles. The van der Waals surface area contributed by atoms with E-state index in [1.807, 2.05) is 66.3 Å². The molecule has 0 bridgehead atoms. The Morgan fingerprint density at radius 2 is 2.04 bits per heavy atom. The lowest BCUT2D eigenvalue weighted by Gasteiger charge is -2.08. The zero-order valence-corrected chi connectivity index (χ0v) is 14.9. The number of carbonyl (C=O) groups is 1. The molecule has 2 aromatic carbocycles. The molecule has 0 unspecified atom stereocenters. The van der Waals surface area contributed by atoms with Crippen LogP contribution in [-0.4, -0.2) is 22.6 Å². The van der Waals surface area contributed by atoms with Gasteiger partial charge in [-0.1, -0.05) is 23.9 Å². The second-order valence-electron chi connectivity index (χ2n) is 5.52. The highest BCUT2D eigenvalue weighted by molar-refractivity contribution is 7.99. The van der Waals surface area contributed by atoms with Gasteiger partial charge in [-0.25, -0.2) is 4.98 Å². The molecule has 1 heterocycles. The van der Waals surface area contributed by atoms with Crippen LogP contribution in [0, 0.1) is 0 Å². The summed E-state index contributed by atoms with van der Waals surface area (Å²) in [5, 5.41) is 3.84. The van der Waals surface area contributed by atoms with Gasteiger partial charge in [-0.15, -0.1) is 0 Å². The average molecular weight is 353 g/mol. The lowest BCUT2D eigenvalue weighted by Crippen LogP contribution is -2.14. The number of hydrogen-bond acceptors (Lipinski definition) is 4. The molecule has 0 fully saturated rings. The van der Waals surface area contributed by atoms with Crippen molar-refractivity contribution < 1.29 is 9.53 Å². The molecular weight excluding hydrogens is 334 g/mol. The molecule has 6 heteroatoms. The minimum atomic E-state index is -0.0576. The fourth-order valence-corrected chi connectivity index (χ4v) is 3.14. The zero-order chi connectivity index (χ0) is 17.6. The van der Waals surface area contributed by atoms with Crippen LogP contribution in [0.1, 0.15) is 5.56 Å². The van der Waals surface area contributed by atoms with Gasteiger partial charge in [0.15, 0.2) is 5.16 Å². The molecule has 0 radical (unpaired) electrons. The second-order valence-corrected chi connectivity index (χ2v) is 6.56.